The summed E-state index contributed by atoms with van der Waals surface area (Å²) in [7, 11) is 0. The summed E-state index contributed by atoms with van der Waals surface area (Å²) in [4.78, 5) is 9.34. The Morgan fingerprint density at radius 2 is 1.66 bits per heavy atom. The maximum atomic E-state index is 4.69. The molecule has 1 aliphatic heterocycles. The second-order valence-corrected chi connectivity index (χ2v) is 7.51. The van der Waals surface area contributed by atoms with Gasteiger partial charge in [0.25, 0.3) is 0 Å². The van der Waals surface area contributed by atoms with Crippen LogP contribution >= 0.6 is 0 Å². The van der Waals surface area contributed by atoms with Gasteiger partial charge in [0.15, 0.2) is 5.82 Å². The summed E-state index contributed by atoms with van der Waals surface area (Å²) in [5.41, 5.74) is 6.35. The van der Waals surface area contributed by atoms with Gasteiger partial charge in [-0.15, -0.1) is 5.10 Å². The zero-order valence-electron chi connectivity index (χ0n) is 17.4. The number of hydrogen-bond acceptors (Lipinski definition) is 6. The van der Waals surface area contributed by atoms with Gasteiger partial charge >= 0.3 is 0 Å². The fourth-order valence-corrected chi connectivity index (χ4v) is 3.69. The lowest BCUT2D eigenvalue weighted by Crippen LogP contribution is -2.47. The topological polar surface area (TPSA) is 57.2 Å². The molecule has 6 heteroatoms. The first kappa shape index (κ1) is 19.2. The number of nitrogens with zero attached hydrogens (tertiary/aromatic N) is 5. The number of hydrogen-bond donors (Lipinski definition) is 1. The number of aryl methyl sites for hydroxylation is 2. The number of aromatic nitrogens is 3. The molecular weight excluding hydrogens is 360 g/mol. The maximum Gasteiger partial charge on any atom is 0.247 e. The van der Waals surface area contributed by atoms with E-state index in [1.807, 2.05) is 0 Å². The number of piperazine rings is 1. The second-order valence-electron chi connectivity index (χ2n) is 7.51. The molecule has 2 aromatic carbocycles. The first-order valence-corrected chi connectivity index (χ1v) is 10.3. The summed E-state index contributed by atoms with van der Waals surface area (Å²) in [5, 5.41) is 11.8. The van der Waals surface area contributed by atoms with E-state index in [0.29, 0.717) is 5.95 Å². The zero-order valence-corrected chi connectivity index (χ0v) is 17.4. The van der Waals surface area contributed by atoms with Gasteiger partial charge in [-0.2, -0.15) is 10.1 Å². The van der Waals surface area contributed by atoms with Gasteiger partial charge in [-0.25, -0.2) is 0 Å². The van der Waals surface area contributed by atoms with Crippen molar-refractivity contribution in [3.63, 3.8) is 0 Å². The lowest BCUT2D eigenvalue weighted by Gasteiger charge is -2.36. The standard InChI is InChI=1S/C23H28N6/c1-4-19-8-10-20(11-9-19)25-22-16-24-27-23(26-22)29-14-12-28(13-15-29)21-7-5-6-17(2)18(21)3/h5-11,16H,4,12-15H2,1-3H3,(H,25,26,27). The number of nitrogens with one attached hydrogen (secondary N) is 1. The van der Waals surface area contributed by atoms with Crippen LogP contribution in [-0.2, 0) is 6.42 Å². The number of anilines is 4. The van der Waals surface area contributed by atoms with Gasteiger partial charge in [-0.1, -0.05) is 31.2 Å². The molecule has 3 aromatic rings. The van der Waals surface area contributed by atoms with E-state index in [0.717, 1.165) is 44.1 Å². The fraction of sp³-hybridized carbons (Fsp3) is 0.348. The Morgan fingerprint density at radius 1 is 0.931 bits per heavy atom. The van der Waals surface area contributed by atoms with E-state index < -0.39 is 0 Å². The smallest absolute Gasteiger partial charge is 0.247 e. The average Bonchev–Trinajstić information content (AvgIpc) is 2.77. The van der Waals surface area contributed by atoms with E-state index in [4.69, 9.17) is 0 Å². The van der Waals surface area contributed by atoms with Crippen LogP contribution in [0.5, 0.6) is 0 Å². The first-order valence-electron chi connectivity index (χ1n) is 10.3. The molecule has 0 atom stereocenters. The quantitative estimate of drug-likeness (QED) is 0.709. The van der Waals surface area contributed by atoms with Gasteiger partial charge in [-0.3, -0.25) is 0 Å². The van der Waals surface area contributed by atoms with E-state index in [9.17, 15) is 0 Å². The summed E-state index contributed by atoms with van der Waals surface area (Å²) >= 11 is 0. The normalized spacial score (nSPS) is 14.2. The Morgan fingerprint density at radius 3 is 2.38 bits per heavy atom. The molecule has 0 amide bonds. The maximum absolute atomic E-state index is 4.69. The van der Waals surface area contributed by atoms with Crippen molar-refractivity contribution in [3.8, 4) is 0 Å². The molecular formula is C23H28N6. The first-order chi connectivity index (χ1) is 14.1. The van der Waals surface area contributed by atoms with Crippen LogP contribution in [0.25, 0.3) is 0 Å². The zero-order chi connectivity index (χ0) is 20.2. The van der Waals surface area contributed by atoms with Crippen molar-refractivity contribution in [2.45, 2.75) is 27.2 Å². The van der Waals surface area contributed by atoms with Crippen LogP contribution in [0, 0.1) is 13.8 Å². The summed E-state index contributed by atoms with van der Waals surface area (Å²) in [6.07, 6.45) is 2.71. The molecule has 1 fully saturated rings. The number of rotatable bonds is 5. The Kier molecular flexibility index (Phi) is 5.60. The summed E-state index contributed by atoms with van der Waals surface area (Å²) in [5.74, 6) is 1.40. The Hall–Kier alpha value is -3.15. The van der Waals surface area contributed by atoms with Gasteiger partial charge < -0.3 is 15.1 Å². The van der Waals surface area contributed by atoms with Crippen LogP contribution in [0.4, 0.5) is 23.1 Å². The highest BCUT2D eigenvalue weighted by Crippen LogP contribution is 2.25. The predicted octanol–water partition coefficient (Wildman–Crippen LogP) is 4.12. The third kappa shape index (κ3) is 4.31. The van der Waals surface area contributed by atoms with Crippen LogP contribution in [-0.4, -0.2) is 41.4 Å². The van der Waals surface area contributed by atoms with Gasteiger partial charge in [0, 0.05) is 37.6 Å². The molecule has 4 rings (SSSR count). The monoisotopic (exact) mass is 388 g/mol. The molecule has 6 nitrogen and oxygen atoms in total. The van der Waals surface area contributed by atoms with Crippen LogP contribution in [0.2, 0.25) is 0 Å². The molecule has 0 aliphatic carbocycles. The van der Waals surface area contributed by atoms with Crippen LogP contribution in [0.1, 0.15) is 23.6 Å². The van der Waals surface area contributed by atoms with Crippen molar-refractivity contribution in [2.75, 3.05) is 41.3 Å². The second kappa shape index (κ2) is 8.47. The van der Waals surface area contributed by atoms with Crippen LogP contribution in [0.15, 0.2) is 48.7 Å². The van der Waals surface area contributed by atoms with E-state index in [1.54, 1.807) is 6.20 Å². The molecule has 2 heterocycles. The van der Waals surface area contributed by atoms with E-state index in [1.165, 1.54) is 22.4 Å². The lowest BCUT2D eigenvalue weighted by atomic mass is 10.1. The molecule has 1 N–H and O–H groups in total. The summed E-state index contributed by atoms with van der Waals surface area (Å²) in [6, 6.07) is 14.9. The Labute approximate surface area is 172 Å². The number of benzene rings is 2. The van der Waals surface area contributed by atoms with Crippen molar-refractivity contribution in [1.29, 1.82) is 0 Å². The molecule has 29 heavy (non-hydrogen) atoms. The van der Waals surface area contributed by atoms with Crippen molar-refractivity contribution in [2.24, 2.45) is 0 Å². The van der Waals surface area contributed by atoms with Crippen molar-refractivity contribution in [3.05, 3.63) is 65.4 Å². The van der Waals surface area contributed by atoms with Gasteiger partial charge in [0.2, 0.25) is 5.95 Å². The lowest BCUT2D eigenvalue weighted by molar-refractivity contribution is 0.634. The molecule has 0 radical (unpaired) electrons. The highest BCUT2D eigenvalue weighted by molar-refractivity contribution is 5.58. The molecule has 0 unspecified atom stereocenters. The third-order valence-corrected chi connectivity index (χ3v) is 5.66. The van der Waals surface area contributed by atoms with Gasteiger partial charge in [0.05, 0.1) is 6.20 Å². The average molecular weight is 389 g/mol. The van der Waals surface area contributed by atoms with Gasteiger partial charge in [0.1, 0.15) is 0 Å². The SMILES string of the molecule is CCc1ccc(Nc2cnnc(N3CCN(c4cccc(C)c4C)CC3)n2)cc1. The highest BCUT2D eigenvalue weighted by atomic mass is 15.4. The minimum Gasteiger partial charge on any atom is -0.368 e. The van der Waals surface area contributed by atoms with Gasteiger partial charge in [-0.05, 0) is 55.2 Å². The fourth-order valence-electron chi connectivity index (χ4n) is 3.69. The molecule has 1 aliphatic rings. The highest BCUT2D eigenvalue weighted by Gasteiger charge is 2.21. The largest absolute Gasteiger partial charge is 0.368 e. The summed E-state index contributed by atoms with van der Waals surface area (Å²) in [6.45, 7) is 10.2. The molecule has 0 spiro atoms. The molecule has 0 saturated carbocycles. The molecule has 1 aromatic heterocycles. The van der Waals surface area contributed by atoms with Crippen molar-refractivity contribution < 1.29 is 0 Å². The Balaban J connectivity index is 1.42. The minimum atomic E-state index is 0.681. The van der Waals surface area contributed by atoms with E-state index >= 15 is 0 Å². The molecule has 150 valence electrons. The van der Waals surface area contributed by atoms with E-state index in [2.05, 4.69) is 93.5 Å². The summed E-state index contributed by atoms with van der Waals surface area (Å²) < 4.78 is 0. The third-order valence-electron chi connectivity index (χ3n) is 5.66. The predicted molar refractivity (Wildman–Crippen MR) is 119 cm³/mol. The van der Waals surface area contributed by atoms with Crippen LogP contribution in [0.3, 0.4) is 0 Å². The Bertz CT molecular complexity index is 961. The van der Waals surface area contributed by atoms with Crippen LogP contribution < -0.4 is 15.1 Å². The molecule has 1 saturated heterocycles. The minimum absolute atomic E-state index is 0.681. The van der Waals surface area contributed by atoms with E-state index in [-0.39, 0.29) is 0 Å². The van der Waals surface area contributed by atoms with Crippen molar-refractivity contribution in [1.82, 2.24) is 15.2 Å². The molecule has 0 bridgehead atoms. The van der Waals surface area contributed by atoms with Crippen molar-refractivity contribution >= 4 is 23.1 Å².